The molecule has 0 radical (unpaired) electrons. The van der Waals surface area contributed by atoms with Gasteiger partial charge in [0, 0.05) is 30.1 Å². The summed E-state index contributed by atoms with van der Waals surface area (Å²) in [5, 5.41) is 20.0. The third kappa shape index (κ3) is 3.10. The van der Waals surface area contributed by atoms with Crippen LogP contribution in [0, 0.1) is 0 Å². The molecule has 1 aliphatic rings. The van der Waals surface area contributed by atoms with E-state index < -0.39 is 0 Å². The molecule has 2 aromatic rings. The van der Waals surface area contributed by atoms with Gasteiger partial charge in [-0.3, -0.25) is 0 Å². The molecule has 0 amide bonds. The Morgan fingerprint density at radius 2 is 2.09 bits per heavy atom. The van der Waals surface area contributed by atoms with Gasteiger partial charge in [0.15, 0.2) is 0 Å². The molecule has 3 N–H and O–H groups in total. The molecule has 112 valence electrons. The van der Waals surface area contributed by atoms with Crippen molar-refractivity contribution >= 4 is 28.7 Å². The summed E-state index contributed by atoms with van der Waals surface area (Å²) in [6, 6.07) is 9.19. The first-order valence-electron chi connectivity index (χ1n) is 6.98. The number of rotatable bonds is 4. The average molecular weight is 311 g/mol. The zero-order chi connectivity index (χ0) is 15.4. The number of likely N-dealkylation sites (N-methyl/N-ethyl adjacent to an activating group) is 1. The second-order valence-electron chi connectivity index (χ2n) is 4.92. The maximum absolute atomic E-state index is 9.35. The topological polar surface area (TPSA) is 56.7 Å². The first-order valence-corrected chi connectivity index (χ1v) is 7.92. The van der Waals surface area contributed by atoms with Crippen molar-refractivity contribution in [2.75, 3.05) is 13.6 Å². The van der Waals surface area contributed by atoms with Gasteiger partial charge in [0.1, 0.15) is 11.6 Å². The van der Waals surface area contributed by atoms with E-state index in [0.717, 1.165) is 29.1 Å². The fraction of sp³-hybridized carbons (Fsp3) is 0.118. The van der Waals surface area contributed by atoms with Crippen LogP contribution in [0.15, 0.2) is 58.1 Å². The third-order valence-corrected chi connectivity index (χ3v) is 4.09. The van der Waals surface area contributed by atoms with Gasteiger partial charge in [-0.05, 0) is 47.1 Å². The molecule has 2 heterocycles. The number of phenolic OH excluding ortho intramolecular Hbond substituents is 1. The molecule has 1 aromatic carbocycles. The minimum absolute atomic E-state index is 0.263. The van der Waals surface area contributed by atoms with Crippen LogP contribution in [0.2, 0.25) is 0 Å². The van der Waals surface area contributed by atoms with Gasteiger partial charge in [-0.25, -0.2) is 4.99 Å². The van der Waals surface area contributed by atoms with Crippen molar-refractivity contribution in [3.05, 3.63) is 64.2 Å². The summed E-state index contributed by atoms with van der Waals surface area (Å²) in [7, 11) is 1.93. The molecule has 0 spiro atoms. The quantitative estimate of drug-likeness (QED) is 0.813. The fourth-order valence-corrected chi connectivity index (χ4v) is 2.94. The molecule has 0 atom stereocenters. The molecule has 0 saturated heterocycles. The Bertz CT molecular complexity index is 728. The number of thiophene rings is 1. The fourth-order valence-electron chi connectivity index (χ4n) is 2.27. The lowest BCUT2D eigenvalue weighted by atomic mass is 10.1. The highest BCUT2D eigenvalue weighted by molar-refractivity contribution is 7.08. The molecule has 0 aliphatic carbocycles. The highest BCUT2D eigenvalue weighted by Crippen LogP contribution is 2.24. The van der Waals surface area contributed by atoms with Crippen molar-refractivity contribution in [3.8, 4) is 5.75 Å². The van der Waals surface area contributed by atoms with Crippen molar-refractivity contribution in [1.29, 1.82) is 0 Å². The van der Waals surface area contributed by atoms with Gasteiger partial charge in [-0.15, -0.1) is 0 Å². The van der Waals surface area contributed by atoms with E-state index in [-0.39, 0.29) is 5.75 Å². The van der Waals surface area contributed by atoms with Crippen molar-refractivity contribution in [2.24, 2.45) is 4.99 Å². The number of aliphatic imine (C=N–C) groups is 1. The van der Waals surface area contributed by atoms with Gasteiger partial charge >= 0.3 is 0 Å². The summed E-state index contributed by atoms with van der Waals surface area (Å²) in [6.07, 6.45) is 3.79. The Morgan fingerprint density at radius 1 is 1.27 bits per heavy atom. The number of benzene rings is 1. The molecule has 1 aromatic heterocycles. The van der Waals surface area contributed by atoms with E-state index in [0.29, 0.717) is 0 Å². The molecule has 0 fully saturated rings. The lowest BCUT2D eigenvalue weighted by Gasteiger charge is -2.15. The van der Waals surface area contributed by atoms with E-state index in [1.807, 2.05) is 31.6 Å². The number of nitrogens with one attached hydrogen (secondary N) is 2. The first-order chi connectivity index (χ1) is 10.8. The largest absolute Gasteiger partial charge is 0.508 e. The predicted octanol–water partition coefficient (Wildman–Crippen LogP) is 3.06. The summed E-state index contributed by atoms with van der Waals surface area (Å²) < 4.78 is 0. The average Bonchev–Trinajstić information content (AvgIpc) is 3.08. The highest BCUT2D eigenvalue weighted by atomic mass is 32.1. The summed E-state index contributed by atoms with van der Waals surface area (Å²) >= 11 is 1.68. The lowest BCUT2D eigenvalue weighted by molar-refractivity contribution is 0.475. The van der Waals surface area contributed by atoms with Crippen molar-refractivity contribution < 1.29 is 5.11 Å². The molecule has 22 heavy (non-hydrogen) atoms. The number of hydrogen-bond donors (Lipinski definition) is 3. The monoisotopic (exact) mass is 311 g/mol. The van der Waals surface area contributed by atoms with E-state index in [9.17, 15) is 5.11 Å². The maximum atomic E-state index is 9.35. The minimum Gasteiger partial charge on any atom is -0.508 e. The Kier molecular flexibility index (Phi) is 4.37. The van der Waals surface area contributed by atoms with Crippen LogP contribution in [-0.2, 0) is 0 Å². The van der Waals surface area contributed by atoms with Crippen LogP contribution >= 0.6 is 11.3 Å². The summed E-state index contributed by atoms with van der Waals surface area (Å²) in [4.78, 5) is 4.56. The molecule has 5 heteroatoms. The van der Waals surface area contributed by atoms with Gasteiger partial charge in [-0.1, -0.05) is 12.1 Å². The smallest absolute Gasteiger partial charge is 0.135 e. The standard InChI is InChI=1S/C17H17N3OS/c1-18-10-16(13-6-7-22-11-13)17-19-8-14(9-20-17)12-2-4-15(21)5-3-12/h2-9,11,18-19,21H,10H2,1H3/b17-16-. The second-order valence-corrected chi connectivity index (χ2v) is 5.70. The Labute approximate surface area is 133 Å². The van der Waals surface area contributed by atoms with Gasteiger partial charge in [0.05, 0.1) is 0 Å². The van der Waals surface area contributed by atoms with Crippen LogP contribution in [0.25, 0.3) is 11.1 Å². The van der Waals surface area contributed by atoms with Gasteiger partial charge < -0.3 is 15.7 Å². The van der Waals surface area contributed by atoms with E-state index in [2.05, 4.69) is 32.5 Å². The Morgan fingerprint density at radius 3 is 2.68 bits per heavy atom. The van der Waals surface area contributed by atoms with Crippen LogP contribution < -0.4 is 10.6 Å². The van der Waals surface area contributed by atoms with E-state index in [1.54, 1.807) is 23.5 Å². The van der Waals surface area contributed by atoms with Crippen LogP contribution in [0.4, 0.5) is 0 Å². The lowest BCUT2D eigenvalue weighted by Crippen LogP contribution is -2.17. The number of hydrogen-bond acceptors (Lipinski definition) is 5. The summed E-state index contributed by atoms with van der Waals surface area (Å²) in [5.74, 6) is 1.12. The van der Waals surface area contributed by atoms with Gasteiger partial charge in [-0.2, -0.15) is 11.3 Å². The normalized spacial score (nSPS) is 16.1. The SMILES string of the molecule is CNC/C(=C1/N=CC(c2ccc(O)cc2)=CN1)c1ccsc1. The summed E-state index contributed by atoms with van der Waals surface area (Å²) in [5.41, 5.74) is 4.32. The van der Waals surface area contributed by atoms with Crippen LogP contribution in [0.1, 0.15) is 11.1 Å². The maximum Gasteiger partial charge on any atom is 0.135 e. The minimum atomic E-state index is 0.263. The van der Waals surface area contributed by atoms with Crippen LogP contribution in [-0.4, -0.2) is 24.9 Å². The Balaban J connectivity index is 1.87. The summed E-state index contributed by atoms with van der Waals surface area (Å²) in [6.45, 7) is 0.749. The number of allylic oxidation sites excluding steroid dienone is 1. The number of phenols is 1. The molecule has 1 aliphatic heterocycles. The zero-order valence-corrected chi connectivity index (χ0v) is 13.0. The third-order valence-electron chi connectivity index (χ3n) is 3.41. The molecule has 3 rings (SSSR count). The van der Waals surface area contributed by atoms with Crippen LogP contribution in [0.5, 0.6) is 5.75 Å². The second kappa shape index (κ2) is 6.60. The van der Waals surface area contributed by atoms with E-state index in [1.165, 1.54) is 5.56 Å². The Hall–Kier alpha value is -2.37. The van der Waals surface area contributed by atoms with E-state index >= 15 is 0 Å². The number of aromatic hydroxyl groups is 1. The predicted molar refractivity (Wildman–Crippen MR) is 92.9 cm³/mol. The van der Waals surface area contributed by atoms with Gasteiger partial charge in [0.25, 0.3) is 0 Å². The molecular weight excluding hydrogens is 294 g/mol. The van der Waals surface area contributed by atoms with Crippen molar-refractivity contribution in [3.63, 3.8) is 0 Å². The molecular formula is C17H17N3OS. The molecule has 0 unspecified atom stereocenters. The number of nitrogens with zero attached hydrogens (tertiary/aromatic N) is 1. The van der Waals surface area contributed by atoms with E-state index in [4.69, 9.17) is 0 Å². The van der Waals surface area contributed by atoms with Crippen molar-refractivity contribution in [1.82, 2.24) is 10.6 Å². The molecule has 0 bridgehead atoms. The zero-order valence-electron chi connectivity index (χ0n) is 12.2. The first kappa shape index (κ1) is 14.6. The highest BCUT2D eigenvalue weighted by Gasteiger charge is 2.11. The van der Waals surface area contributed by atoms with Gasteiger partial charge in [0.2, 0.25) is 0 Å². The van der Waals surface area contributed by atoms with Crippen LogP contribution in [0.3, 0.4) is 0 Å². The molecule has 4 nitrogen and oxygen atoms in total. The molecule has 0 saturated carbocycles. The van der Waals surface area contributed by atoms with Crippen molar-refractivity contribution in [2.45, 2.75) is 0 Å².